The van der Waals surface area contributed by atoms with Gasteiger partial charge in [0.25, 0.3) is 0 Å². The van der Waals surface area contributed by atoms with Crippen LogP contribution in [0.15, 0.2) is 34.9 Å². The number of hydrogen-bond donors (Lipinski definition) is 1. The van der Waals surface area contributed by atoms with Gasteiger partial charge in [0, 0.05) is 19.2 Å². The fourth-order valence-corrected chi connectivity index (χ4v) is 3.07. The van der Waals surface area contributed by atoms with E-state index >= 15 is 0 Å². The van der Waals surface area contributed by atoms with Crippen molar-refractivity contribution < 1.29 is 14.1 Å². The molecule has 0 aliphatic carbocycles. The van der Waals surface area contributed by atoms with Crippen molar-refractivity contribution in [2.75, 3.05) is 33.4 Å². The summed E-state index contributed by atoms with van der Waals surface area (Å²) in [5.74, 6) is 1.17. The van der Waals surface area contributed by atoms with Crippen molar-refractivity contribution in [3.05, 3.63) is 36.2 Å². The molecule has 1 aromatic carbocycles. The highest BCUT2D eigenvalue weighted by atomic mass is 16.5. The second-order valence-corrected chi connectivity index (χ2v) is 6.15. The van der Waals surface area contributed by atoms with E-state index in [1.54, 1.807) is 7.11 Å². The number of nitrogens with zero attached hydrogens (tertiary/aromatic N) is 3. The summed E-state index contributed by atoms with van der Waals surface area (Å²) in [6, 6.07) is 9.75. The number of hydrogen-bond acceptors (Lipinski definition) is 6. The Morgan fingerprint density at radius 2 is 2.20 bits per heavy atom. The minimum absolute atomic E-state index is 0.00751. The van der Waals surface area contributed by atoms with Gasteiger partial charge in [0.1, 0.15) is 0 Å². The molecule has 0 saturated carbocycles. The molecule has 1 N–H and O–H groups in total. The summed E-state index contributed by atoms with van der Waals surface area (Å²) in [5, 5.41) is 6.97. The number of likely N-dealkylation sites (tertiary alicyclic amines) is 1. The molecular formula is C18H24N4O3. The lowest BCUT2D eigenvalue weighted by Crippen LogP contribution is -2.42. The molecule has 0 unspecified atom stereocenters. The van der Waals surface area contributed by atoms with E-state index in [9.17, 15) is 4.79 Å². The molecule has 1 aliphatic rings. The fraction of sp³-hybridized carbons (Fsp3) is 0.500. The van der Waals surface area contributed by atoms with Crippen LogP contribution in [0.5, 0.6) is 0 Å². The number of nitrogens with one attached hydrogen (secondary N) is 1. The molecule has 1 amide bonds. The van der Waals surface area contributed by atoms with Gasteiger partial charge in [-0.15, -0.1) is 0 Å². The SMILES string of the molecule is COCCNC(=O)CN1CCCC[C@@H]1c1nc(-c2ccccc2)no1. The molecule has 1 aromatic heterocycles. The number of ether oxygens (including phenoxy) is 1. The highest BCUT2D eigenvalue weighted by molar-refractivity contribution is 5.78. The third-order valence-corrected chi connectivity index (χ3v) is 4.35. The van der Waals surface area contributed by atoms with Crippen LogP contribution < -0.4 is 5.32 Å². The van der Waals surface area contributed by atoms with Crippen molar-refractivity contribution in [1.82, 2.24) is 20.4 Å². The molecule has 0 bridgehead atoms. The molecule has 0 radical (unpaired) electrons. The molecule has 2 aromatic rings. The Bertz CT molecular complexity index is 674. The molecular weight excluding hydrogens is 320 g/mol. The molecule has 7 nitrogen and oxygen atoms in total. The molecule has 1 fully saturated rings. The zero-order chi connectivity index (χ0) is 17.5. The topological polar surface area (TPSA) is 80.5 Å². The van der Waals surface area contributed by atoms with Gasteiger partial charge in [-0.3, -0.25) is 9.69 Å². The fourth-order valence-electron chi connectivity index (χ4n) is 3.07. The van der Waals surface area contributed by atoms with Gasteiger partial charge in [-0.25, -0.2) is 0 Å². The Labute approximate surface area is 147 Å². The number of methoxy groups -OCH3 is 1. The van der Waals surface area contributed by atoms with Gasteiger partial charge in [0.2, 0.25) is 17.6 Å². The first-order valence-corrected chi connectivity index (χ1v) is 8.66. The Balaban J connectivity index is 1.67. The van der Waals surface area contributed by atoms with E-state index in [0.717, 1.165) is 31.4 Å². The van der Waals surface area contributed by atoms with E-state index < -0.39 is 0 Å². The number of aromatic nitrogens is 2. The molecule has 3 rings (SSSR count). The van der Waals surface area contributed by atoms with E-state index in [2.05, 4.69) is 20.4 Å². The third-order valence-electron chi connectivity index (χ3n) is 4.35. The summed E-state index contributed by atoms with van der Waals surface area (Å²) in [5.41, 5.74) is 0.928. The van der Waals surface area contributed by atoms with Crippen LogP contribution in [0.25, 0.3) is 11.4 Å². The maximum Gasteiger partial charge on any atom is 0.244 e. The second-order valence-electron chi connectivity index (χ2n) is 6.15. The summed E-state index contributed by atoms with van der Waals surface area (Å²) in [6.45, 7) is 2.22. The minimum Gasteiger partial charge on any atom is -0.383 e. The zero-order valence-electron chi connectivity index (χ0n) is 14.5. The van der Waals surface area contributed by atoms with Gasteiger partial charge in [-0.1, -0.05) is 41.9 Å². The van der Waals surface area contributed by atoms with Gasteiger partial charge in [0.05, 0.1) is 19.2 Å². The number of carbonyl (C=O) groups is 1. The number of amides is 1. The van der Waals surface area contributed by atoms with E-state index in [1.165, 1.54) is 0 Å². The number of rotatable bonds is 7. The Morgan fingerprint density at radius 3 is 3.00 bits per heavy atom. The summed E-state index contributed by atoms with van der Waals surface area (Å²) in [6.07, 6.45) is 3.08. The van der Waals surface area contributed by atoms with Crippen LogP contribution in [0.2, 0.25) is 0 Å². The average Bonchev–Trinajstić information content (AvgIpc) is 3.13. The van der Waals surface area contributed by atoms with Gasteiger partial charge in [-0.2, -0.15) is 4.98 Å². The average molecular weight is 344 g/mol. The van der Waals surface area contributed by atoms with E-state index in [0.29, 0.717) is 31.4 Å². The van der Waals surface area contributed by atoms with Crippen molar-refractivity contribution in [3.8, 4) is 11.4 Å². The summed E-state index contributed by atoms with van der Waals surface area (Å²) in [7, 11) is 1.62. The first-order valence-electron chi connectivity index (χ1n) is 8.66. The van der Waals surface area contributed by atoms with Crippen LogP contribution in [-0.2, 0) is 9.53 Å². The van der Waals surface area contributed by atoms with Crippen LogP contribution in [0.1, 0.15) is 31.2 Å². The smallest absolute Gasteiger partial charge is 0.244 e. The molecule has 0 spiro atoms. The summed E-state index contributed by atoms with van der Waals surface area (Å²) < 4.78 is 10.5. The first kappa shape index (κ1) is 17.6. The van der Waals surface area contributed by atoms with Crippen LogP contribution in [0, 0.1) is 0 Å². The van der Waals surface area contributed by atoms with Crippen molar-refractivity contribution >= 4 is 5.91 Å². The van der Waals surface area contributed by atoms with Crippen LogP contribution in [0.3, 0.4) is 0 Å². The monoisotopic (exact) mass is 344 g/mol. The summed E-state index contributed by atoms with van der Waals surface area (Å²) in [4.78, 5) is 18.8. The lowest BCUT2D eigenvalue weighted by atomic mass is 10.0. The maximum atomic E-state index is 12.1. The normalized spacial score (nSPS) is 18.2. The number of piperidine rings is 1. The van der Waals surface area contributed by atoms with Crippen molar-refractivity contribution in [3.63, 3.8) is 0 Å². The molecule has 1 atom stereocenters. The zero-order valence-corrected chi connectivity index (χ0v) is 14.5. The minimum atomic E-state index is -0.00764. The lowest BCUT2D eigenvalue weighted by molar-refractivity contribution is -0.123. The Morgan fingerprint density at radius 1 is 1.36 bits per heavy atom. The Kier molecular flexibility index (Phi) is 6.14. The third kappa shape index (κ3) is 4.64. The van der Waals surface area contributed by atoms with E-state index in [-0.39, 0.29) is 11.9 Å². The predicted molar refractivity (Wildman–Crippen MR) is 92.8 cm³/mol. The second kappa shape index (κ2) is 8.73. The quantitative estimate of drug-likeness (QED) is 0.774. The predicted octanol–water partition coefficient (Wildman–Crippen LogP) is 2.03. The van der Waals surface area contributed by atoms with E-state index in [1.807, 2.05) is 30.3 Å². The molecule has 134 valence electrons. The highest BCUT2D eigenvalue weighted by Crippen LogP contribution is 2.30. The highest BCUT2D eigenvalue weighted by Gasteiger charge is 2.30. The number of carbonyl (C=O) groups excluding carboxylic acids is 1. The van der Waals surface area contributed by atoms with Gasteiger partial charge in [0.15, 0.2) is 0 Å². The van der Waals surface area contributed by atoms with Gasteiger partial charge >= 0.3 is 0 Å². The molecule has 1 aliphatic heterocycles. The van der Waals surface area contributed by atoms with E-state index in [4.69, 9.17) is 9.26 Å². The van der Waals surface area contributed by atoms with Gasteiger partial charge < -0.3 is 14.6 Å². The van der Waals surface area contributed by atoms with Crippen LogP contribution in [-0.4, -0.2) is 54.3 Å². The Hall–Kier alpha value is -2.25. The largest absolute Gasteiger partial charge is 0.383 e. The number of benzene rings is 1. The van der Waals surface area contributed by atoms with Crippen molar-refractivity contribution in [2.45, 2.75) is 25.3 Å². The molecule has 2 heterocycles. The summed E-state index contributed by atoms with van der Waals surface area (Å²) >= 11 is 0. The standard InChI is InChI=1S/C18H24N4O3/c1-24-12-10-19-16(23)13-22-11-6-5-9-15(22)18-20-17(21-25-18)14-7-3-2-4-8-14/h2-4,7-8,15H,5-6,9-13H2,1H3,(H,19,23)/t15-/m1/s1. The van der Waals surface area contributed by atoms with Gasteiger partial charge in [-0.05, 0) is 19.4 Å². The first-order chi connectivity index (χ1) is 12.3. The van der Waals surface area contributed by atoms with Crippen LogP contribution in [0.4, 0.5) is 0 Å². The lowest BCUT2D eigenvalue weighted by Gasteiger charge is -2.32. The van der Waals surface area contributed by atoms with Crippen molar-refractivity contribution in [1.29, 1.82) is 0 Å². The molecule has 25 heavy (non-hydrogen) atoms. The molecule has 1 saturated heterocycles. The van der Waals surface area contributed by atoms with Crippen molar-refractivity contribution in [2.24, 2.45) is 0 Å². The maximum absolute atomic E-state index is 12.1. The molecule has 7 heteroatoms. The van der Waals surface area contributed by atoms with Crippen LogP contribution >= 0.6 is 0 Å².